The van der Waals surface area contributed by atoms with Crippen molar-refractivity contribution in [1.82, 2.24) is 0 Å². The molecule has 0 saturated heterocycles. The van der Waals surface area contributed by atoms with Gasteiger partial charge in [0.1, 0.15) is 6.54 Å². The SMILES string of the molecule is CCC[n+]1ccc(-c2ccc(N(c3ccccc3)c3ccccc3)cc2)cc1.[Br][Zn]([Br])([Br])[Br]. The molecule has 0 saturated carbocycles. The van der Waals surface area contributed by atoms with E-state index in [-0.39, 0.29) is 0 Å². The minimum absolute atomic E-state index is 1.06. The molecule has 0 fully saturated rings. The molecular formula is C26H25Br4N2Zn+. The topological polar surface area (TPSA) is 7.12 Å². The van der Waals surface area contributed by atoms with Crippen LogP contribution in [0.15, 0.2) is 109 Å². The van der Waals surface area contributed by atoms with E-state index in [4.69, 9.17) is 0 Å². The second kappa shape index (κ2) is 13.3. The van der Waals surface area contributed by atoms with Crippen molar-refractivity contribution in [3.8, 4) is 11.1 Å². The molecule has 0 aliphatic heterocycles. The molecule has 7 heteroatoms. The van der Waals surface area contributed by atoms with E-state index in [1.807, 2.05) is 0 Å². The van der Waals surface area contributed by atoms with E-state index in [1.54, 1.807) is 0 Å². The molecule has 0 amide bonds. The number of rotatable bonds is 6. The van der Waals surface area contributed by atoms with Crippen LogP contribution in [0.1, 0.15) is 13.3 Å². The van der Waals surface area contributed by atoms with Crippen LogP contribution in [0.3, 0.4) is 0 Å². The molecule has 168 valence electrons. The van der Waals surface area contributed by atoms with Crippen LogP contribution < -0.4 is 9.47 Å². The van der Waals surface area contributed by atoms with Crippen LogP contribution in [-0.4, -0.2) is 0 Å². The van der Waals surface area contributed by atoms with Gasteiger partial charge in [0.2, 0.25) is 0 Å². The van der Waals surface area contributed by atoms with Crippen molar-refractivity contribution in [1.29, 1.82) is 0 Å². The molecule has 4 rings (SSSR count). The average molecular weight is 751 g/mol. The van der Waals surface area contributed by atoms with Crippen molar-refractivity contribution in [3.63, 3.8) is 0 Å². The van der Waals surface area contributed by atoms with Gasteiger partial charge in [-0.3, -0.25) is 0 Å². The zero-order valence-electron chi connectivity index (χ0n) is 18.4. The van der Waals surface area contributed by atoms with Crippen molar-refractivity contribution in [2.45, 2.75) is 19.9 Å². The second-order valence-corrected chi connectivity index (χ2v) is 91.9. The molecule has 0 bridgehead atoms. The summed E-state index contributed by atoms with van der Waals surface area (Å²) in [6, 6.07) is 34.2. The molecule has 0 unspecified atom stereocenters. The van der Waals surface area contributed by atoms with Gasteiger partial charge in [-0.25, -0.2) is 4.57 Å². The monoisotopic (exact) mass is 745 g/mol. The van der Waals surface area contributed by atoms with Crippen molar-refractivity contribution in [3.05, 3.63) is 109 Å². The first kappa shape index (κ1) is 26.8. The standard InChI is InChI=1S/C26H25N2.4BrH.Zn/c1-2-19-27-20-17-23(18-21-27)22-13-15-26(16-14-22)28(24-9-5-3-6-10-24)25-11-7-4-8-12-25;;;;;/h3-18,20-21H,2,19H2,1H3;4*1H;/q+1;;;;;+4/p-4. The van der Waals surface area contributed by atoms with Gasteiger partial charge in [0.15, 0.2) is 12.4 Å². The van der Waals surface area contributed by atoms with E-state index < -0.39 is 6.94 Å². The van der Waals surface area contributed by atoms with Crippen molar-refractivity contribution < 1.29 is 11.5 Å². The summed E-state index contributed by atoms with van der Waals surface area (Å²) in [5, 5.41) is 0. The molecular weight excluding hydrogens is 725 g/mol. The third-order valence-corrected chi connectivity index (χ3v) is 4.86. The van der Waals surface area contributed by atoms with Crippen LogP contribution in [0.2, 0.25) is 0 Å². The number of aryl methyl sites for hydroxylation is 1. The van der Waals surface area contributed by atoms with Crippen LogP contribution in [0.4, 0.5) is 17.1 Å². The quantitative estimate of drug-likeness (QED) is 0.141. The normalized spacial score (nSPS) is 10.3. The first-order valence-electron chi connectivity index (χ1n) is 10.9. The molecule has 3 aromatic carbocycles. The fourth-order valence-electron chi connectivity index (χ4n) is 3.46. The number of hydrogen-bond acceptors (Lipinski definition) is 1. The van der Waals surface area contributed by atoms with Gasteiger partial charge in [0.25, 0.3) is 0 Å². The van der Waals surface area contributed by atoms with Gasteiger partial charge in [-0.15, -0.1) is 0 Å². The Morgan fingerprint density at radius 3 is 1.42 bits per heavy atom. The summed E-state index contributed by atoms with van der Waals surface area (Å²) in [4.78, 5) is 2.28. The minimum atomic E-state index is -2.00. The van der Waals surface area contributed by atoms with Crippen LogP contribution in [0.25, 0.3) is 11.1 Å². The zero-order valence-corrected chi connectivity index (χ0v) is 27.7. The van der Waals surface area contributed by atoms with Gasteiger partial charge in [-0.05, 0) is 47.5 Å². The molecule has 0 aliphatic rings. The summed E-state index contributed by atoms with van der Waals surface area (Å²) in [5.74, 6) is 0. The second-order valence-electron chi connectivity index (χ2n) is 7.48. The van der Waals surface area contributed by atoms with Crippen LogP contribution in [0.5, 0.6) is 0 Å². The molecule has 0 N–H and O–H groups in total. The molecule has 0 aliphatic carbocycles. The Balaban J connectivity index is 0.000000555. The van der Waals surface area contributed by atoms with E-state index in [0.29, 0.717) is 0 Å². The van der Waals surface area contributed by atoms with E-state index in [0.717, 1.165) is 30.0 Å². The van der Waals surface area contributed by atoms with Gasteiger partial charge in [0, 0.05) is 35.6 Å². The van der Waals surface area contributed by atoms with Crippen molar-refractivity contribution in [2.75, 3.05) is 4.90 Å². The maximum atomic E-state index is 3.34. The molecule has 2 nitrogen and oxygen atoms in total. The summed E-state index contributed by atoms with van der Waals surface area (Å²) >= 11 is 13.4. The Kier molecular flexibility index (Phi) is 10.8. The van der Waals surface area contributed by atoms with E-state index in [9.17, 15) is 0 Å². The fraction of sp³-hybridized carbons (Fsp3) is 0.115. The van der Waals surface area contributed by atoms with Crippen molar-refractivity contribution >= 4 is 71.6 Å². The van der Waals surface area contributed by atoms with Crippen LogP contribution >= 0.6 is 54.5 Å². The predicted molar refractivity (Wildman–Crippen MR) is 153 cm³/mol. The molecule has 1 aromatic heterocycles. The Labute approximate surface area is 226 Å². The summed E-state index contributed by atoms with van der Waals surface area (Å²) in [5.41, 5.74) is 5.93. The molecule has 0 atom stereocenters. The van der Waals surface area contributed by atoms with Crippen LogP contribution in [0, 0.1) is 0 Å². The van der Waals surface area contributed by atoms with E-state index >= 15 is 0 Å². The average Bonchev–Trinajstić information content (AvgIpc) is 2.81. The third kappa shape index (κ3) is 9.03. The summed E-state index contributed by atoms with van der Waals surface area (Å²) in [6.07, 6.45) is 5.47. The summed E-state index contributed by atoms with van der Waals surface area (Å²) < 4.78 is 2.23. The molecule has 4 aromatic rings. The molecule has 1 heterocycles. The predicted octanol–water partition coefficient (Wildman–Crippen LogP) is 9.90. The number of pyridine rings is 1. The van der Waals surface area contributed by atoms with Gasteiger partial charge in [0.05, 0.1) is 0 Å². The zero-order chi connectivity index (χ0) is 23.7. The molecule has 33 heavy (non-hydrogen) atoms. The fourth-order valence-corrected chi connectivity index (χ4v) is 3.46. The third-order valence-electron chi connectivity index (χ3n) is 4.86. The van der Waals surface area contributed by atoms with Crippen LogP contribution in [-0.2, 0) is 13.5 Å². The van der Waals surface area contributed by atoms with E-state index in [2.05, 4.69) is 180 Å². The molecule has 0 radical (unpaired) electrons. The Bertz CT molecular complexity index is 1060. The van der Waals surface area contributed by atoms with Gasteiger partial charge in [-0.1, -0.05) is 55.5 Å². The van der Waals surface area contributed by atoms with Gasteiger partial charge >= 0.3 is 61.4 Å². The Hall–Kier alpha value is -0.847. The summed E-state index contributed by atoms with van der Waals surface area (Å²) in [7, 11) is 0. The van der Waals surface area contributed by atoms with Crippen molar-refractivity contribution in [2.24, 2.45) is 0 Å². The number of para-hydroxylation sites is 2. The Morgan fingerprint density at radius 2 is 1.00 bits per heavy atom. The number of benzene rings is 3. The maximum absolute atomic E-state index is 3.34. The Morgan fingerprint density at radius 1 is 0.606 bits per heavy atom. The number of halogens is 4. The first-order chi connectivity index (χ1) is 15.8. The number of aromatic nitrogens is 1. The molecule has 0 spiro atoms. The number of hydrogen-bond donors (Lipinski definition) is 0. The summed E-state index contributed by atoms with van der Waals surface area (Å²) in [6.45, 7) is 1.26. The van der Waals surface area contributed by atoms with Gasteiger partial charge < -0.3 is 4.90 Å². The van der Waals surface area contributed by atoms with E-state index in [1.165, 1.54) is 11.1 Å². The van der Waals surface area contributed by atoms with Gasteiger partial charge in [-0.2, -0.15) is 0 Å². The number of anilines is 3. The first-order valence-corrected chi connectivity index (χ1v) is 38.7. The number of nitrogens with zero attached hydrogens (tertiary/aromatic N) is 2.